The van der Waals surface area contributed by atoms with Gasteiger partial charge in [0.2, 0.25) is 5.90 Å². The van der Waals surface area contributed by atoms with Crippen molar-refractivity contribution in [3.8, 4) is 5.75 Å². The van der Waals surface area contributed by atoms with E-state index in [1.807, 2.05) is 24.3 Å². The number of ether oxygens (including phenoxy) is 2. The Kier molecular flexibility index (Phi) is 6.52. The van der Waals surface area contributed by atoms with E-state index in [2.05, 4.69) is 27.6 Å². The van der Waals surface area contributed by atoms with Crippen LogP contribution < -0.4 is 4.74 Å². The van der Waals surface area contributed by atoms with E-state index in [0.717, 1.165) is 9.13 Å². The quantitative estimate of drug-likeness (QED) is 0.125. The molecule has 1 aliphatic rings. The van der Waals surface area contributed by atoms with E-state index in [9.17, 15) is 14.9 Å². The maximum Gasteiger partial charge on any atom is 0.363 e. The van der Waals surface area contributed by atoms with E-state index in [-0.39, 0.29) is 27.9 Å². The topological polar surface area (TPSA) is 91.0 Å². The Morgan fingerprint density at radius 1 is 1.12 bits per heavy atom. The van der Waals surface area contributed by atoms with Crippen LogP contribution in [0.5, 0.6) is 5.75 Å². The maximum absolute atomic E-state index is 12.2. The molecule has 0 saturated carbocycles. The maximum atomic E-state index is 12.2. The first-order valence-electron chi connectivity index (χ1n) is 9.33. The van der Waals surface area contributed by atoms with Crippen molar-refractivity contribution in [3.05, 3.63) is 108 Å². The van der Waals surface area contributed by atoms with Crippen LogP contribution >= 0.6 is 34.2 Å². The number of carbonyl (C=O) groups excluding carboxylic acids is 1. The number of esters is 1. The summed E-state index contributed by atoms with van der Waals surface area (Å²) in [7, 11) is 0. The van der Waals surface area contributed by atoms with Gasteiger partial charge in [-0.15, -0.1) is 0 Å². The molecule has 0 aromatic heterocycles. The van der Waals surface area contributed by atoms with Gasteiger partial charge in [-0.3, -0.25) is 10.1 Å². The smallest absolute Gasteiger partial charge is 0.363 e. The molecule has 0 bridgehead atoms. The summed E-state index contributed by atoms with van der Waals surface area (Å²) in [5.74, 6) is -0.0541. The number of aliphatic imine (C=N–C) groups is 1. The first-order chi connectivity index (χ1) is 15.4. The number of nitro groups is 1. The molecule has 7 nitrogen and oxygen atoms in total. The van der Waals surface area contributed by atoms with Crippen molar-refractivity contribution in [1.82, 2.24) is 0 Å². The lowest BCUT2D eigenvalue weighted by atomic mass is 10.2. The number of nitro benzene ring substituents is 1. The molecule has 0 fully saturated rings. The van der Waals surface area contributed by atoms with E-state index in [4.69, 9.17) is 21.1 Å². The molecule has 0 radical (unpaired) electrons. The number of cyclic esters (lactones) is 1. The lowest BCUT2D eigenvalue weighted by Crippen LogP contribution is -2.06. The highest BCUT2D eigenvalue weighted by atomic mass is 127. The number of hydrogen-bond donors (Lipinski definition) is 0. The lowest BCUT2D eigenvalue weighted by Gasteiger charge is -2.07. The Balaban J connectivity index is 1.50. The zero-order chi connectivity index (χ0) is 22.7. The van der Waals surface area contributed by atoms with Crippen LogP contribution in [0.15, 0.2) is 77.4 Å². The molecule has 1 aliphatic heterocycles. The van der Waals surface area contributed by atoms with Crippen LogP contribution in [0.25, 0.3) is 6.08 Å². The molecule has 0 spiro atoms. The van der Waals surface area contributed by atoms with Crippen molar-refractivity contribution in [2.75, 3.05) is 0 Å². The second-order valence-corrected chi connectivity index (χ2v) is 8.40. The van der Waals surface area contributed by atoms with Crippen LogP contribution in [0.2, 0.25) is 5.02 Å². The zero-order valence-electron chi connectivity index (χ0n) is 16.3. The fourth-order valence-corrected chi connectivity index (χ4v) is 3.73. The molecule has 32 heavy (non-hydrogen) atoms. The van der Waals surface area contributed by atoms with Crippen molar-refractivity contribution < 1.29 is 19.2 Å². The zero-order valence-corrected chi connectivity index (χ0v) is 19.2. The molecule has 4 rings (SSSR count). The largest absolute Gasteiger partial charge is 0.489 e. The van der Waals surface area contributed by atoms with Gasteiger partial charge in [-0.1, -0.05) is 35.9 Å². The lowest BCUT2D eigenvalue weighted by molar-refractivity contribution is -0.384. The first kappa shape index (κ1) is 22.0. The molecule has 0 atom stereocenters. The monoisotopic (exact) mass is 560 g/mol. The second kappa shape index (κ2) is 9.49. The van der Waals surface area contributed by atoms with Crippen molar-refractivity contribution in [1.29, 1.82) is 0 Å². The van der Waals surface area contributed by atoms with Gasteiger partial charge in [-0.25, -0.2) is 9.79 Å². The van der Waals surface area contributed by atoms with E-state index < -0.39 is 10.9 Å². The Hall–Kier alpha value is -3.24. The number of halogens is 2. The molecule has 0 aliphatic carbocycles. The van der Waals surface area contributed by atoms with Crippen LogP contribution in [0.1, 0.15) is 16.7 Å². The molecule has 3 aromatic carbocycles. The van der Waals surface area contributed by atoms with E-state index in [0.29, 0.717) is 17.9 Å². The standard InChI is InChI=1S/C23H14ClIN2O5/c24-20-9-6-17(27(29)30)12-19(20)22-26-21(23(28)32-22)11-14-4-7-18(8-5-14)31-13-15-2-1-3-16(25)10-15/h1-12H,13H2/b21-11-. The predicted molar refractivity (Wildman–Crippen MR) is 129 cm³/mol. The molecular weight excluding hydrogens is 547 g/mol. The number of benzene rings is 3. The first-order valence-corrected chi connectivity index (χ1v) is 10.8. The summed E-state index contributed by atoms with van der Waals surface area (Å²) >= 11 is 8.36. The SMILES string of the molecule is O=C1OC(c2cc([N+](=O)[O-])ccc2Cl)=N/C1=C\c1ccc(OCc2cccc(I)c2)cc1. The Bertz CT molecular complexity index is 1270. The fourth-order valence-electron chi connectivity index (χ4n) is 2.93. The van der Waals surface area contributed by atoms with Crippen molar-refractivity contribution in [2.24, 2.45) is 4.99 Å². The molecule has 0 N–H and O–H groups in total. The van der Waals surface area contributed by atoms with Crippen molar-refractivity contribution in [3.63, 3.8) is 0 Å². The van der Waals surface area contributed by atoms with Gasteiger partial charge >= 0.3 is 5.97 Å². The Morgan fingerprint density at radius 2 is 1.91 bits per heavy atom. The third-order valence-corrected chi connectivity index (χ3v) is 5.49. The van der Waals surface area contributed by atoms with Gasteiger partial charge in [0.05, 0.1) is 15.5 Å². The highest BCUT2D eigenvalue weighted by Crippen LogP contribution is 2.27. The van der Waals surface area contributed by atoms with E-state index in [1.54, 1.807) is 30.3 Å². The third kappa shape index (κ3) is 5.14. The molecule has 9 heteroatoms. The average molecular weight is 561 g/mol. The Labute approximate surface area is 201 Å². The van der Waals surface area contributed by atoms with E-state index in [1.165, 1.54) is 18.2 Å². The molecule has 0 amide bonds. The number of nitrogens with zero attached hydrogens (tertiary/aromatic N) is 2. The minimum absolute atomic E-state index is 0.0649. The van der Waals surface area contributed by atoms with Gasteiger partial charge in [-0.05, 0) is 70.1 Å². The molecule has 3 aromatic rings. The van der Waals surface area contributed by atoms with Gasteiger partial charge in [0.1, 0.15) is 12.4 Å². The van der Waals surface area contributed by atoms with E-state index >= 15 is 0 Å². The fraction of sp³-hybridized carbons (Fsp3) is 0.0435. The molecular formula is C23H14ClIN2O5. The van der Waals surface area contributed by atoms with Gasteiger partial charge in [0.25, 0.3) is 5.69 Å². The summed E-state index contributed by atoms with van der Waals surface area (Å²) in [6, 6.07) is 19.1. The molecule has 1 heterocycles. The summed E-state index contributed by atoms with van der Waals surface area (Å²) in [4.78, 5) is 26.9. The van der Waals surface area contributed by atoms with Crippen LogP contribution in [0.4, 0.5) is 5.69 Å². The highest BCUT2D eigenvalue weighted by Gasteiger charge is 2.27. The number of hydrogen-bond acceptors (Lipinski definition) is 6. The minimum atomic E-state index is -0.665. The summed E-state index contributed by atoms with van der Waals surface area (Å²) in [6.07, 6.45) is 1.56. The summed E-state index contributed by atoms with van der Waals surface area (Å²) in [5, 5.41) is 11.2. The van der Waals surface area contributed by atoms with Gasteiger partial charge in [0.15, 0.2) is 5.70 Å². The van der Waals surface area contributed by atoms with Crippen LogP contribution in [-0.2, 0) is 16.1 Å². The number of rotatable bonds is 6. The minimum Gasteiger partial charge on any atom is -0.489 e. The summed E-state index contributed by atoms with van der Waals surface area (Å²) < 4.78 is 12.1. The van der Waals surface area contributed by atoms with Crippen LogP contribution in [0.3, 0.4) is 0 Å². The number of non-ortho nitro benzene ring substituents is 1. The Morgan fingerprint density at radius 3 is 2.62 bits per heavy atom. The highest BCUT2D eigenvalue weighted by molar-refractivity contribution is 14.1. The van der Waals surface area contributed by atoms with Crippen molar-refractivity contribution in [2.45, 2.75) is 6.61 Å². The van der Waals surface area contributed by atoms with Crippen LogP contribution in [0, 0.1) is 13.7 Å². The average Bonchev–Trinajstić information content (AvgIpc) is 3.13. The molecule has 160 valence electrons. The van der Waals surface area contributed by atoms with Crippen LogP contribution in [-0.4, -0.2) is 16.8 Å². The number of carbonyl (C=O) groups is 1. The molecule has 0 saturated heterocycles. The van der Waals surface area contributed by atoms with Gasteiger partial charge in [0, 0.05) is 15.7 Å². The molecule has 0 unspecified atom stereocenters. The normalized spacial score (nSPS) is 14.2. The second-order valence-electron chi connectivity index (χ2n) is 6.74. The summed E-state index contributed by atoms with van der Waals surface area (Å²) in [5.41, 5.74) is 1.85. The summed E-state index contributed by atoms with van der Waals surface area (Å²) in [6.45, 7) is 0.446. The third-order valence-electron chi connectivity index (χ3n) is 4.49. The van der Waals surface area contributed by atoms with Gasteiger partial charge < -0.3 is 9.47 Å². The van der Waals surface area contributed by atoms with Gasteiger partial charge in [-0.2, -0.15) is 0 Å². The predicted octanol–water partition coefficient (Wildman–Crippen LogP) is 5.78. The van der Waals surface area contributed by atoms with Crippen molar-refractivity contribution >= 4 is 57.8 Å².